The second kappa shape index (κ2) is 49.7. The lowest BCUT2D eigenvalue weighted by Crippen LogP contribution is -2.45. The van der Waals surface area contributed by atoms with Crippen molar-refractivity contribution in [3.63, 3.8) is 0 Å². The molecule has 1 amide bonds. The molecule has 0 aliphatic heterocycles. The first kappa shape index (κ1) is 56.4. The van der Waals surface area contributed by atoms with E-state index in [0.29, 0.717) is 12.8 Å². The van der Waals surface area contributed by atoms with Gasteiger partial charge in [-0.1, -0.05) is 262 Å². The Morgan fingerprint density at radius 1 is 0.431 bits per heavy atom. The minimum atomic E-state index is -0.657. The lowest BCUT2D eigenvalue weighted by Gasteiger charge is -2.22. The van der Waals surface area contributed by atoms with E-state index >= 15 is 0 Å². The quantitative estimate of drug-likeness (QED) is 0.0423. The summed E-state index contributed by atoms with van der Waals surface area (Å²) in [6.07, 6.45) is 68.0. The summed E-state index contributed by atoms with van der Waals surface area (Å²) in [5.74, 6) is -0.0288. The molecule has 58 heavy (non-hydrogen) atoms. The highest BCUT2D eigenvalue weighted by molar-refractivity contribution is 5.76. The monoisotopic (exact) mass is 812 g/mol. The fourth-order valence-electron chi connectivity index (χ4n) is 7.94. The fraction of sp³-hybridized carbons (Fsp3) is 0.833. The summed E-state index contributed by atoms with van der Waals surface area (Å²) < 4.78 is 0. The molecule has 0 rings (SSSR count). The van der Waals surface area contributed by atoms with Crippen LogP contribution in [-0.4, -0.2) is 34.9 Å². The normalized spacial score (nSPS) is 13.2. The Bertz CT molecular complexity index is 923. The highest BCUT2D eigenvalue weighted by Crippen LogP contribution is 2.17. The molecule has 0 radical (unpaired) electrons. The van der Waals surface area contributed by atoms with Gasteiger partial charge in [-0.2, -0.15) is 0 Å². The number of nitrogens with one attached hydrogen (secondary N) is 1. The van der Waals surface area contributed by atoms with Crippen molar-refractivity contribution < 1.29 is 15.0 Å². The van der Waals surface area contributed by atoms with Crippen LogP contribution < -0.4 is 5.32 Å². The maximum absolute atomic E-state index is 12.4. The van der Waals surface area contributed by atoms with E-state index < -0.39 is 12.1 Å². The zero-order chi connectivity index (χ0) is 42.1. The van der Waals surface area contributed by atoms with Gasteiger partial charge in [-0.25, -0.2) is 0 Å². The van der Waals surface area contributed by atoms with Gasteiger partial charge in [0.15, 0.2) is 0 Å². The molecule has 0 heterocycles. The number of unbranched alkanes of at least 4 members (excludes halogenated alkanes) is 32. The van der Waals surface area contributed by atoms with Crippen LogP contribution in [0.2, 0.25) is 0 Å². The summed E-state index contributed by atoms with van der Waals surface area (Å²) in [5.41, 5.74) is 0. The molecule has 0 saturated heterocycles. The van der Waals surface area contributed by atoms with E-state index in [1.54, 1.807) is 0 Å². The van der Waals surface area contributed by atoms with Crippen molar-refractivity contribution in [2.45, 2.75) is 283 Å². The second-order valence-corrected chi connectivity index (χ2v) is 17.6. The molecule has 0 aromatic heterocycles. The van der Waals surface area contributed by atoms with Crippen molar-refractivity contribution in [1.82, 2.24) is 5.32 Å². The number of amides is 1. The molecule has 0 saturated carbocycles. The molecule has 0 aliphatic carbocycles. The summed E-state index contributed by atoms with van der Waals surface area (Å²) in [4.78, 5) is 12.4. The molecular weight excluding hydrogens is 711 g/mol. The Kier molecular flexibility index (Phi) is 48.3. The van der Waals surface area contributed by atoms with Crippen LogP contribution in [0.15, 0.2) is 48.6 Å². The van der Waals surface area contributed by atoms with Crippen LogP contribution >= 0.6 is 0 Å². The molecule has 4 nitrogen and oxygen atoms in total. The van der Waals surface area contributed by atoms with E-state index in [9.17, 15) is 15.0 Å². The molecule has 0 spiro atoms. The minimum absolute atomic E-state index is 0.0288. The van der Waals surface area contributed by atoms with E-state index in [0.717, 1.165) is 51.4 Å². The Labute approximate surface area is 363 Å². The third kappa shape index (κ3) is 45.4. The van der Waals surface area contributed by atoms with E-state index in [2.05, 4.69) is 67.8 Å². The van der Waals surface area contributed by atoms with E-state index in [4.69, 9.17) is 0 Å². The van der Waals surface area contributed by atoms with Gasteiger partial charge in [-0.05, 0) is 51.4 Å². The maximum atomic E-state index is 12.4. The number of carbonyl (C=O) groups excluding carboxylic acids is 1. The van der Waals surface area contributed by atoms with Gasteiger partial charge in [0.2, 0.25) is 5.91 Å². The Morgan fingerprint density at radius 3 is 1.14 bits per heavy atom. The van der Waals surface area contributed by atoms with Crippen LogP contribution in [0.5, 0.6) is 0 Å². The fourth-order valence-corrected chi connectivity index (χ4v) is 7.94. The third-order valence-electron chi connectivity index (χ3n) is 11.9. The molecule has 0 fully saturated rings. The average molecular weight is 812 g/mol. The number of aliphatic hydroxyl groups is 2. The summed E-state index contributed by atoms with van der Waals surface area (Å²) in [6, 6.07) is -0.534. The zero-order valence-corrected chi connectivity index (χ0v) is 39.1. The predicted octanol–water partition coefficient (Wildman–Crippen LogP) is 16.7. The highest BCUT2D eigenvalue weighted by atomic mass is 16.3. The van der Waals surface area contributed by atoms with Crippen molar-refractivity contribution in [3.8, 4) is 0 Å². The van der Waals surface area contributed by atoms with E-state index in [1.165, 1.54) is 193 Å². The number of carbonyl (C=O) groups is 1. The van der Waals surface area contributed by atoms with Gasteiger partial charge in [0.25, 0.3) is 0 Å². The predicted molar refractivity (Wildman–Crippen MR) is 258 cm³/mol. The maximum Gasteiger partial charge on any atom is 0.220 e. The first-order chi connectivity index (χ1) is 28.7. The van der Waals surface area contributed by atoms with Gasteiger partial charge in [0.05, 0.1) is 18.8 Å². The first-order valence-corrected chi connectivity index (χ1v) is 25.8. The summed E-state index contributed by atoms with van der Waals surface area (Å²) in [6.45, 7) is 4.26. The average Bonchev–Trinajstić information content (AvgIpc) is 3.23. The van der Waals surface area contributed by atoms with Crippen molar-refractivity contribution in [2.75, 3.05) is 6.61 Å². The standard InChI is InChI=1S/C54H101NO3/c1-3-5-7-9-11-13-15-17-18-19-20-21-22-23-24-25-26-27-28-29-30-31-32-33-34-35-36-38-40-42-44-46-48-50-54(58)55-52(51-56)53(57)49-47-45-43-41-39-37-16-14-12-10-8-6-4-2/h5,7,11,13,17-18,20-21,52-53,56-57H,3-4,6,8-10,12,14-16,19,22-51H2,1-2H3,(H,55,58)/b7-5-,13-11-,18-17-,21-20-. The molecule has 3 N–H and O–H groups in total. The first-order valence-electron chi connectivity index (χ1n) is 25.8. The molecule has 2 unspecified atom stereocenters. The molecule has 0 bridgehead atoms. The topological polar surface area (TPSA) is 69.6 Å². The Morgan fingerprint density at radius 2 is 0.759 bits per heavy atom. The highest BCUT2D eigenvalue weighted by Gasteiger charge is 2.20. The zero-order valence-electron chi connectivity index (χ0n) is 39.1. The number of rotatable bonds is 47. The Balaban J connectivity index is 3.41. The van der Waals surface area contributed by atoms with Crippen LogP contribution in [0.4, 0.5) is 0 Å². The number of aliphatic hydroxyl groups excluding tert-OH is 2. The smallest absolute Gasteiger partial charge is 0.220 e. The molecule has 340 valence electrons. The number of hydrogen-bond acceptors (Lipinski definition) is 3. The lowest BCUT2D eigenvalue weighted by atomic mass is 10.0. The van der Waals surface area contributed by atoms with Crippen molar-refractivity contribution in [2.24, 2.45) is 0 Å². The van der Waals surface area contributed by atoms with Gasteiger partial charge < -0.3 is 15.5 Å². The molecule has 0 aromatic rings. The minimum Gasteiger partial charge on any atom is -0.394 e. The lowest BCUT2D eigenvalue weighted by molar-refractivity contribution is -0.123. The molecule has 0 aromatic carbocycles. The van der Waals surface area contributed by atoms with Gasteiger partial charge in [0, 0.05) is 6.42 Å². The summed E-state index contributed by atoms with van der Waals surface area (Å²) >= 11 is 0. The van der Waals surface area contributed by atoms with Crippen LogP contribution in [0.3, 0.4) is 0 Å². The van der Waals surface area contributed by atoms with Gasteiger partial charge in [0.1, 0.15) is 0 Å². The Hall–Kier alpha value is -1.65. The summed E-state index contributed by atoms with van der Waals surface area (Å²) in [5, 5.41) is 23.2. The van der Waals surface area contributed by atoms with Crippen molar-refractivity contribution >= 4 is 5.91 Å². The summed E-state index contributed by atoms with van der Waals surface area (Å²) in [7, 11) is 0. The molecule has 0 aliphatic rings. The van der Waals surface area contributed by atoms with Crippen LogP contribution in [0.25, 0.3) is 0 Å². The van der Waals surface area contributed by atoms with Crippen molar-refractivity contribution in [1.29, 1.82) is 0 Å². The van der Waals surface area contributed by atoms with Gasteiger partial charge in [-0.3, -0.25) is 4.79 Å². The van der Waals surface area contributed by atoms with Gasteiger partial charge in [-0.15, -0.1) is 0 Å². The second-order valence-electron chi connectivity index (χ2n) is 17.6. The largest absolute Gasteiger partial charge is 0.394 e. The number of hydrogen-bond donors (Lipinski definition) is 3. The number of allylic oxidation sites excluding steroid dienone is 8. The van der Waals surface area contributed by atoms with Crippen LogP contribution in [-0.2, 0) is 4.79 Å². The molecule has 4 heteroatoms. The third-order valence-corrected chi connectivity index (χ3v) is 11.9. The SMILES string of the molecule is CC/C=C\C/C=C\C/C=C\C/C=C\CCCCCCCCCCCCCCCCCCCCCCC(=O)NC(CO)C(O)CCCCCCCCCCCCCCC. The van der Waals surface area contributed by atoms with Gasteiger partial charge >= 0.3 is 0 Å². The molecule has 2 atom stereocenters. The van der Waals surface area contributed by atoms with Crippen LogP contribution in [0.1, 0.15) is 271 Å². The van der Waals surface area contributed by atoms with E-state index in [-0.39, 0.29) is 12.5 Å². The van der Waals surface area contributed by atoms with Crippen LogP contribution in [0, 0.1) is 0 Å². The van der Waals surface area contributed by atoms with E-state index in [1.807, 2.05) is 0 Å². The van der Waals surface area contributed by atoms with Crippen molar-refractivity contribution in [3.05, 3.63) is 48.6 Å². The molecular formula is C54H101NO3.